The standard InChI is InChI=1S/C17H23N3O/c1-2-10-19(12-13-6-5-7-13)17(21)16-11-14-8-3-4-9-15(14)20(16)18/h3-4,8-9,11,13H,2,5-7,10,12,18H2,1H3. The van der Waals surface area contributed by atoms with Gasteiger partial charge in [0.15, 0.2) is 0 Å². The lowest BCUT2D eigenvalue weighted by atomic mass is 9.85. The Hall–Kier alpha value is -1.97. The van der Waals surface area contributed by atoms with Gasteiger partial charge >= 0.3 is 0 Å². The van der Waals surface area contributed by atoms with Gasteiger partial charge in [0.25, 0.3) is 5.91 Å². The molecule has 21 heavy (non-hydrogen) atoms. The number of nitrogens with zero attached hydrogens (tertiary/aromatic N) is 2. The quantitative estimate of drug-likeness (QED) is 0.859. The van der Waals surface area contributed by atoms with E-state index in [-0.39, 0.29) is 5.91 Å². The van der Waals surface area contributed by atoms with Crippen molar-refractivity contribution in [3.63, 3.8) is 0 Å². The molecule has 1 aromatic heterocycles. The smallest absolute Gasteiger partial charge is 0.272 e. The van der Waals surface area contributed by atoms with Gasteiger partial charge in [-0.1, -0.05) is 31.5 Å². The first kappa shape index (κ1) is 14.0. The van der Waals surface area contributed by atoms with Crippen molar-refractivity contribution in [2.24, 2.45) is 5.92 Å². The van der Waals surface area contributed by atoms with E-state index in [0.29, 0.717) is 11.6 Å². The molecule has 0 spiro atoms. The number of nitrogen functional groups attached to an aromatic ring is 1. The van der Waals surface area contributed by atoms with Gasteiger partial charge in [-0.15, -0.1) is 0 Å². The summed E-state index contributed by atoms with van der Waals surface area (Å²) in [6, 6.07) is 9.75. The van der Waals surface area contributed by atoms with Crippen LogP contribution in [0.1, 0.15) is 43.1 Å². The summed E-state index contributed by atoms with van der Waals surface area (Å²) in [6.07, 6.45) is 4.78. The van der Waals surface area contributed by atoms with Crippen molar-refractivity contribution >= 4 is 16.8 Å². The highest BCUT2D eigenvalue weighted by Gasteiger charge is 2.25. The number of para-hydroxylation sites is 1. The maximum Gasteiger partial charge on any atom is 0.272 e. The minimum absolute atomic E-state index is 0.0578. The molecule has 2 N–H and O–H groups in total. The zero-order valence-electron chi connectivity index (χ0n) is 12.6. The number of hydrogen-bond donors (Lipinski definition) is 1. The van der Waals surface area contributed by atoms with Crippen molar-refractivity contribution in [2.45, 2.75) is 32.6 Å². The van der Waals surface area contributed by atoms with E-state index in [9.17, 15) is 4.79 Å². The number of amides is 1. The predicted octanol–water partition coefficient (Wildman–Crippen LogP) is 3.01. The average Bonchev–Trinajstić information content (AvgIpc) is 2.78. The summed E-state index contributed by atoms with van der Waals surface area (Å²) in [5.41, 5.74) is 1.49. The summed E-state index contributed by atoms with van der Waals surface area (Å²) < 4.78 is 1.53. The molecule has 112 valence electrons. The number of carbonyl (C=O) groups excluding carboxylic acids is 1. The molecule has 1 aliphatic carbocycles. The van der Waals surface area contributed by atoms with E-state index < -0.39 is 0 Å². The Labute approximate surface area is 125 Å². The molecule has 2 aromatic rings. The number of benzene rings is 1. The molecule has 1 amide bonds. The SMILES string of the molecule is CCCN(CC1CCC1)C(=O)c1cc2ccccc2n1N. The maximum atomic E-state index is 12.8. The number of nitrogens with two attached hydrogens (primary N) is 1. The molecule has 0 radical (unpaired) electrons. The van der Waals surface area contributed by atoms with Crippen molar-refractivity contribution < 1.29 is 4.79 Å². The second-order valence-electron chi connectivity index (χ2n) is 6.01. The first-order chi connectivity index (χ1) is 10.2. The summed E-state index contributed by atoms with van der Waals surface area (Å²) in [6.45, 7) is 3.78. The first-order valence-corrected chi connectivity index (χ1v) is 7.85. The van der Waals surface area contributed by atoms with E-state index in [2.05, 4.69) is 6.92 Å². The number of aromatic nitrogens is 1. The predicted molar refractivity (Wildman–Crippen MR) is 85.6 cm³/mol. The Balaban J connectivity index is 1.87. The third-order valence-electron chi connectivity index (χ3n) is 4.45. The largest absolute Gasteiger partial charge is 0.338 e. The van der Waals surface area contributed by atoms with Crippen LogP contribution < -0.4 is 5.84 Å². The molecule has 0 atom stereocenters. The zero-order chi connectivity index (χ0) is 14.8. The monoisotopic (exact) mass is 285 g/mol. The van der Waals surface area contributed by atoms with Crippen molar-refractivity contribution in [1.29, 1.82) is 0 Å². The van der Waals surface area contributed by atoms with Gasteiger partial charge in [0.1, 0.15) is 5.69 Å². The average molecular weight is 285 g/mol. The molecule has 1 aromatic carbocycles. The van der Waals surface area contributed by atoms with E-state index in [1.807, 2.05) is 35.2 Å². The van der Waals surface area contributed by atoms with Crippen molar-refractivity contribution in [1.82, 2.24) is 9.58 Å². The van der Waals surface area contributed by atoms with Crippen molar-refractivity contribution in [3.8, 4) is 0 Å². The lowest BCUT2D eigenvalue weighted by Gasteiger charge is -2.32. The molecule has 0 aliphatic heterocycles. The van der Waals surface area contributed by atoms with Crippen LogP contribution in [-0.2, 0) is 0 Å². The fraction of sp³-hybridized carbons (Fsp3) is 0.471. The summed E-state index contributed by atoms with van der Waals surface area (Å²) in [7, 11) is 0. The van der Waals surface area contributed by atoms with E-state index >= 15 is 0 Å². The number of carbonyl (C=O) groups is 1. The lowest BCUT2D eigenvalue weighted by Crippen LogP contribution is -2.39. The molecule has 4 heteroatoms. The zero-order valence-corrected chi connectivity index (χ0v) is 12.6. The number of rotatable bonds is 5. The summed E-state index contributed by atoms with van der Waals surface area (Å²) in [4.78, 5) is 14.8. The minimum atomic E-state index is 0.0578. The molecule has 0 saturated heterocycles. The van der Waals surface area contributed by atoms with Gasteiger partial charge in [0.2, 0.25) is 0 Å². The van der Waals surface area contributed by atoms with Gasteiger partial charge in [-0.3, -0.25) is 9.47 Å². The van der Waals surface area contributed by atoms with Crippen molar-refractivity contribution in [3.05, 3.63) is 36.0 Å². The molecular weight excluding hydrogens is 262 g/mol. The first-order valence-electron chi connectivity index (χ1n) is 7.85. The molecular formula is C17H23N3O. The van der Waals surface area contributed by atoms with E-state index in [1.54, 1.807) is 0 Å². The van der Waals surface area contributed by atoms with Gasteiger partial charge < -0.3 is 10.7 Å². The van der Waals surface area contributed by atoms with E-state index in [0.717, 1.165) is 30.4 Å². The third-order valence-corrected chi connectivity index (χ3v) is 4.45. The molecule has 3 rings (SSSR count). The van der Waals surface area contributed by atoms with Crippen LogP contribution in [0.2, 0.25) is 0 Å². The third kappa shape index (κ3) is 2.62. The summed E-state index contributed by atoms with van der Waals surface area (Å²) in [5, 5.41) is 1.02. The topological polar surface area (TPSA) is 51.3 Å². The molecule has 4 nitrogen and oxygen atoms in total. The van der Waals surface area contributed by atoms with Gasteiger partial charge in [-0.05, 0) is 37.3 Å². The Morgan fingerprint density at radius 1 is 1.38 bits per heavy atom. The summed E-state index contributed by atoms with van der Waals surface area (Å²) in [5.74, 6) is 6.86. The van der Waals surface area contributed by atoms with Crippen LogP contribution in [0, 0.1) is 5.92 Å². The van der Waals surface area contributed by atoms with Crippen molar-refractivity contribution in [2.75, 3.05) is 18.9 Å². The highest BCUT2D eigenvalue weighted by atomic mass is 16.2. The second-order valence-corrected chi connectivity index (χ2v) is 6.01. The molecule has 1 heterocycles. The highest BCUT2D eigenvalue weighted by Crippen LogP contribution is 2.28. The van der Waals surface area contributed by atoms with Crippen LogP contribution in [-0.4, -0.2) is 28.6 Å². The van der Waals surface area contributed by atoms with E-state index in [4.69, 9.17) is 5.84 Å². The van der Waals surface area contributed by atoms with Gasteiger partial charge in [0.05, 0.1) is 5.52 Å². The van der Waals surface area contributed by atoms with Crippen LogP contribution >= 0.6 is 0 Å². The second kappa shape index (κ2) is 5.80. The fourth-order valence-corrected chi connectivity index (χ4v) is 3.04. The van der Waals surface area contributed by atoms with Gasteiger partial charge in [-0.2, -0.15) is 0 Å². The summed E-state index contributed by atoms with van der Waals surface area (Å²) >= 11 is 0. The normalized spacial score (nSPS) is 15.1. The Kier molecular flexibility index (Phi) is 3.86. The Morgan fingerprint density at radius 2 is 2.14 bits per heavy atom. The lowest BCUT2D eigenvalue weighted by molar-refractivity contribution is 0.0687. The maximum absolute atomic E-state index is 12.8. The fourth-order valence-electron chi connectivity index (χ4n) is 3.04. The molecule has 0 unspecified atom stereocenters. The number of hydrogen-bond acceptors (Lipinski definition) is 2. The minimum Gasteiger partial charge on any atom is -0.338 e. The van der Waals surface area contributed by atoms with Crippen LogP contribution in [0.15, 0.2) is 30.3 Å². The molecule has 1 fully saturated rings. The van der Waals surface area contributed by atoms with E-state index in [1.165, 1.54) is 23.9 Å². The number of fused-ring (bicyclic) bond motifs is 1. The van der Waals surface area contributed by atoms with Crippen LogP contribution in [0.4, 0.5) is 0 Å². The molecule has 0 bridgehead atoms. The Morgan fingerprint density at radius 3 is 2.76 bits per heavy atom. The van der Waals surface area contributed by atoms with Crippen LogP contribution in [0.25, 0.3) is 10.9 Å². The van der Waals surface area contributed by atoms with Gasteiger partial charge in [0, 0.05) is 18.5 Å². The molecule has 1 aliphatic rings. The van der Waals surface area contributed by atoms with Gasteiger partial charge in [-0.25, -0.2) is 0 Å². The van der Waals surface area contributed by atoms with Crippen LogP contribution in [0.5, 0.6) is 0 Å². The van der Waals surface area contributed by atoms with Crippen LogP contribution in [0.3, 0.4) is 0 Å². The Bertz CT molecular complexity index is 643. The molecule has 1 saturated carbocycles. The highest BCUT2D eigenvalue weighted by molar-refractivity contribution is 5.98.